The van der Waals surface area contributed by atoms with Crippen molar-refractivity contribution in [2.75, 3.05) is 13.1 Å². The van der Waals surface area contributed by atoms with Crippen LogP contribution in [-0.2, 0) is 19.3 Å². The molecule has 1 fully saturated rings. The Morgan fingerprint density at radius 1 is 1.10 bits per heavy atom. The van der Waals surface area contributed by atoms with Crippen LogP contribution < -0.4 is 5.32 Å². The van der Waals surface area contributed by atoms with Crippen molar-refractivity contribution in [2.45, 2.75) is 66.2 Å². The summed E-state index contributed by atoms with van der Waals surface area (Å²) in [5.74, 6) is 1.66. The van der Waals surface area contributed by atoms with Crippen LogP contribution in [0.2, 0.25) is 0 Å². The summed E-state index contributed by atoms with van der Waals surface area (Å²) in [6, 6.07) is 0. The number of nitrogens with zero attached hydrogens (tertiary/aromatic N) is 2. The number of rotatable bonds is 7. The number of hydrogen-bond acceptors (Lipinski definition) is 3. The second-order valence-electron chi connectivity index (χ2n) is 6.51. The Labute approximate surface area is 123 Å². The highest BCUT2D eigenvalue weighted by atomic mass is 14.9. The fourth-order valence-electron chi connectivity index (χ4n) is 2.93. The fourth-order valence-corrected chi connectivity index (χ4v) is 2.93. The maximum atomic E-state index is 4.90. The zero-order valence-corrected chi connectivity index (χ0v) is 13.7. The van der Waals surface area contributed by atoms with Crippen LogP contribution >= 0.6 is 0 Å². The van der Waals surface area contributed by atoms with Crippen LogP contribution in [-0.4, -0.2) is 23.1 Å². The lowest BCUT2D eigenvalue weighted by molar-refractivity contribution is 0.602. The third-order valence-electron chi connectivity index (χ3n) is 4.49. The standard InChI is InChI=1S/C17H29N3/c1-6-14-12(9-10-18-8-3)15(7-2)20-16(19-14)13-11-17(13,4)5/h13,18H,6-11H2,1-5H3. The molecule has 0 bridgehead atoms. The van der Waals surface area contributed by atoms with E-state index in [0.717, 1.165) is 38.2 Å². The van der Waals surface area contributed by atoms with Gasteiger partial charge in [-0.1, -0.05) is 34.6 Å². The topological polar surface area (TPSA) is 37.8 Å². The molecule has 1 aliphatic carbocycles. The van der Waals surface area contributed by atoms with Crippen molar-refractivity contribution < 1.29 is 0 Å². The molecule has 1 aromatic heterocycles. The number of likely N-dealkylation sites (N-methyl/N-ethyl adjacent to an activating group) is 1. The predicted molar refractivity (Wildman–Crippen MR) is 84.2 cm³/mol. The summed E-state index contributed by atoms with van der Waals surface area (Å²) in [6.07, 6.45) is 4.30. The van der Waals surface area contributed by atoms with Crippen LogP contribution in [0.4, 0.5) is 0 Å². The van der Waals surface area contributed by atoms with Gasteiger partial charge in [0, 0.05) is 17.3 Å². The second-order valence-corrected chi connectivity index (χ2v) is 6.51. The van der Waals surface area contributed by atoms with Crippen molar-refractivity contribution in [1.29, 1.82) is 0 Å². The molecule has 1 saturated carbocycles. The van der Waals surface area contributed by atoms with Crippen LogP contribution in [0.25, 0.3) is 0 Å². The number of hydrogen-bond donors (Lipinski definition) is 1. The van der Waals surface area contributed by atoms with Crippen LogP contribution in [0.1, 0.15) is 69.7 Å². The summed E-state index contributed by atoms with van der Waals surface area (Å²) in [7, 11) is 0. The van der Waals surface area contributed by atoms with E-state index in [-0.39, 0.29) is 0 Å². The first-order valence-electron chi connectivity index (χ1n) is 8.12. The maximum Gasteiger partial charge on any atom is 0.132 e. The van der Waals surface area contributed by atoms with Gasteiger partial charge in [-0.3, -0.25) is 0 Å². The zero-order valence-electron chi connectivity index (χ0n) is 13.7. The van der Waals surface area contributed by atoms with Gasteiger partial charge in [-0.05, 0) is 49.8 Å². The Bertz CT molecular complexity index is 440. The smallest absolute Gasteiger partial charge is 0.132 e. The van der Waals surface area contributed by atoms with E-state index in [1.54, 1.807) is 0 Å². The van der Waals surface area contributed by atoms with Crippen molar-refractivity contribution >= 4 is 0 Å². The van der Waals surface area contributed by atoms with Gasteiger partial charge in [-0.25, -0.2) is 9.97 Å². The van der Waals surface area contributed by atoms with Crippen LogP contribution in [0.5, 0.6) is 0 Å². The van der Waals surface area contributed by atoms with Crippen LogP contribution in [0, 0.1) is 5.41 Å². The second kappa shape index (κ2) is 6.21. The Balaban J connectivity index is 2.27. The van der Waals surface area contributed by atoms with Crippen molar-refractivity contribution in [1.82, 2.24) is 15.3 Å². The lowest BCUT2D eigenvalue weighted by Gasteiger charge is -2.15. The molecule has 1 unspecified atom stereocenters. The van der Waals surface area contributed by atoms with Crippen molar-refractivity contribution in [2.24, 2.45) is 5.41 Å². The summed E-state index contributed by atoms with van der Waals surface area (Å²) < 4.78 is 0. The van der Waals surface area contributed by atoms with Crippen molar-refractivity contribution in [3.8, 4) is 0 Å². The molecule has 0 aromatic carbocycles. The summed E-state index contributed by atoms with van der Waals surface area (Å²) in [5, 5.41) is 3.41. The molecular formula is C17H29N3. The van der Waals surface area contributed by atoms with Crippen molar-refractivity contribution in [3.63, 3.8) is 0 Å². The third kappa shape index (κ3) is 3.20. The molecular weight excluding hydrogens is 246 g/mol. The van der Waals surface area contributed by atoms with E-state index in [1.165, 1.54) is 23.4 Å². The summed E-state index contributed by atoms with van der Waals surface area (Å²) >= 11 is 0. The van der Waals surface area contributed by atoms with Gasteiger partial charge in [0.25, 0.3) is 0 Å². The maximum absolute atomic E-state index is 4.90. The third-order valence-corrected chi connectivity index (χ3v) is 4.49. The normalized spacial score (nSPS) is 20.1. The molecule has 20 heavy (non-hydrogen) atoms. The Kier molecular flexibility index (Phi) is 4.79. The summed E-state index contributed by atoms with van der Waals surface area (Å²) in [4.78, 5) is 9.79. The first-order chi connectivity index (χ1) is 9.53. The molecule has 112 valence electrons. The minimum atomic E-state index is 0.404. The summed E-state index contributed by atoms with van der Waals surface area (Å²) in [6.45, 7) is 13.2. The van der Waals surface area contributed by atoms with E-state index >= 15 is 0 Å². The van der Waals surface area contributed by atoms with Gasteiger partial charge in [0.05, 0.1) is 0 Å². The molecule has 2 rings (SSSR count). The average Bonchev–Trinajstić information content (AvgIpc) is 3.07. The van der Waals surface area contributed by atoms with E-state index in [1.807, 2.05) is 0 Å². The number of aromatic nitrogens is 2. The molecule has 0 radical (unpaired) electrons. The monoisotopic (exact) mass is 275 g/mol. The SMILES string of the molecule is CCNCCc1c(CC)nc(C2CC2(C)C)nc1CC. The largest absolute Gasteiger partial charge is 0.317 e. The molecule has 0 spiro atoms. The van der Waals surface area contributed by atoms with Gasteiger partial charge in [-0.15, -0.1) is 0 Å². The van der Waals surface area contributed by atoms with Gasteiger partial charge >= 0.3 is 0 Å². The molecule has 0 aliphatic heterocycles. The highest BCUT2D eigenvalue weighted by molar-refractivity contribution is 5.30. The lowest BCUT2D eigenvalue weighted by Crippen LogP contribution is -2.19. The van der Waals surface area contributed by atoms with E-state index < -0.39 is 0 Å². The summed E-state index contributed by atoms with van der Waals surface area (Å²) in [5.41, 5.74) is 4.33. The van der Waals surface area contributed by atoms with Gasteiger partial charge in [-0.2, -0.15) is 0 Å². The molecule has 0 amide bonds. The highest BCUT2D eigenvalue weighted by Crippen LogP contribution is 2.57. The van der Waals surface area contributed by atoms with Crippen molar-refractivity contribution in [3.05, 3.63) is 22.8 Å². The highest BCUT2D eigenvalue weighted by Gasteiger charge is 2.48. The van der Waals surface area contributed by atoms with E-state index in [4.69, 9.17) is 9.97 Å². The molecule has 1 aromatic rings. The van der Waals surface area contributed by atoms with Gasteiger partial charge in [0.1, 0.15) is 5.82 Å². The van der Waals surface area contributed by atoms with E-state index in [0.29, 0.717) is 11.3 Å². The molecule has 1 N–H and O–H groups in total. The molecule has 1 atom stereocenters. The fraction of sp³-hybridized carbons (Fsp3) is 0.765. The van der Waals surface area contributed by atoms with Crippen LogP contribution in [0.15, 0.2) is 0 Å². The average molecular weight is 275 g/mol. The van der Waals surface area contributed by atoms with Gasteiger partial charge in [0.2, 0.25) is 0 Å². The Morgan fingerprint density at radius 2 is 1.65 bits per heavy atom. The first kappa shape index (κ1) is 15.4. The zero-order chi connectivity index (χ0) is 14.8. The number of aryl methyl sites for hydroxylation is 2. The van der Waals surface area contributed by atoms with E-state index in [9.17, 15) is 0 Å². The Morgan fingerprint density at radius 3 is 2.05 bits per heavy atom. The predicted octanol–water partition coefficient (Wildman–Crippen LogP) is 3.27. The molecule has 1 aliphatic rings. The Hall–Kier alpha value is -0.960. The molecule has 3 nitrogen and oxygen atoms in total. The molecule has 1 heterocycles. The quantitative estimate of drug-likeness (QED) is 0.776. The minimum absolute atomic E-state index is 0.404. The van der Waals surface area contributed by atoms with Crippen LogP contribution in [0.3, 0.4) is 0 Å². The van der Waals surface area contributed by atoms with E-state index in [2.05, 4.69) is 39.9 Å². The van der Waals surface area contributed by atoms with Gasteiger partial charge < -0.3 is 5.32 Å². The van der Waals surface area contributed by atoms with Gasteiger partial charge in [0.15, 0.2) is 0 Å². The minimum Gasteiger partial charge on any atom is -0.317 e. The lowest BCUT2D eigenvalue weighted by atomic mass is 10.0. The first-order valence-corrected chi connectivity index (χ1v) is 8.12. The number of nitrogens with one attached hydrogen (secondary N) is 1. The molecule has 3 heteroatoms. The molecule has 0 saturated heterocycles.